The maximum absolute atomic E-state index is 12.6. The Morgan fingerprint density at radius 3 is 2.55 bits per heavy atom. The van der Waals surface area contributed by atoms with Gasteiger partial charge in [0, 0.05) is 18.4 Å². The third kappa shape index (κ3) is 3.42. The van der Waals surface area contributed by atoms with Crippen LogP contribution >= 0.6 is 0 Å². The van der Waals surface area contributed by atoms with Crippen molar-refractivity contribution in [2.24, 2.45) is 5.73 Å². The Balaban J connectivity index is 2.27. The lowest BCUT2D eigenvalue weighted by molar-refractivity contribution is 0.0982. The van der Waals surface area contributed by atoms with E-state index in [4.69, 9.17) is 5.73 Å². The Kier molecular flexibility index (Phi) is 4.85. The van der Waals surface area contributed by atoms with Crippen LogP contribution in [-0.2, 0) is 0 Å². The number of aromatic nitrogens is 1. The van der Waals surface area contributed by atoms with Gasteiger partial charge in [-0.3, -0.25) is 9.78 Å². The van der Waals surface area contributed by atoms with Gasteiger partial charge in [-0.05, 0) is 44.2 Å². The highest BCUT2D eigenvalue weighted by atomic mass is 16.2. The summed E-state index contributed by atoms with van der Waals surface area (Å²) >= 11 is 0. The van der Waals surface area contributed by atoms with E-state index in [0.717, 1.165) is 17.7 Å². The quantitative estimate of drug-likeness (QED) is 0.906. The number of carbonyl (C=O) groups excluding carboxylic acids is 1. The summed E-state index contributed by atoms with van der Waals surface area (Å²) in [6.45, 7) is 3.17. The molecule has 0 aliphatic heterocycles. The molecule has 1 aromatic heterocycles. The average Bonchev–Trinajstić information content (AvgIpc) is 2.50. The van der Waals surface area contributed by atoms with E-state index in [9.17, 15) is 4.79 Å². The molecule has 0 aliphatic rings. The molecule has 0 aliphatic carbocycles. The van der Waals surface area contributed by atoms with Crippen molar-refractivity contribution in [2.75, 3.05) is 18.0 Å². The number of aryl methyl sites for hydroxylation is 1. The zero-order chi connectivity index (χ0) is 14.4. The number of benzene rings is 1. The Morgan fingerprint density at radius 1 is 1.20 bits per heavy atom. The van der Waals surface area contributed by atoms with E-state index < -0.39 is 0 Å². The third-order valence-electron chi connectivity index (χ3n) is 3.06. The van der Waals surface area contributed by atoms with E-state index in [1.807, 2.05) is 37.3 Å². The van der Waals surface area contributed by atoms with Crippen LogP contribution in [0.4, 0.5) is 5.69 Å². The maximum atomic E-state index is 12.6. The van der Waals surface area contributed by atoms with E-state index in [-0.39, 0.29) is 5.91 Å². The zero-order valence-corrected chi connectivity index (χ0v) is 11.6. The summed E-state index contributed by atoms with van der Waals surface area (Å²) in [6.07, 6.45) is 2.38. The van der Waals surface area contributed by atoms with Gasteiger partial charge >= 0.3 is 0 Å². The van der Waals surface area contributed by atoms with Gasteiger partial charge in [0.05, 0.1) is 0 Å². The highest BCUT2D eigenvalue weighted by Gasteiger charge is 2.17. The summed E-state index contributed by atoms with van der Waals surface area (Å²) in [5.74, 6) is -0.0945. The fraction of sp³-hybridized carbons (Fsp3) is 0.250. The van der Waals surface area contributed by atoms with Crippen LogP contribution in [-0.4, -0.2) is 24.0 Å². The molecule has 2 rings (SSSR count). The molecule has 0 unspecified atom stereocenters. The largest absolute Gasteiger partial charge is 0.330 e. The van der Waals surface area contributed by atoms with E-state index in [1.54, 1.807) is 23.2 Å². The van der Waals surface area contributed by atoms with Crippen LogP contribution in [0.3, 0.4) is 0 Å². The summed E-state index contributed by atoms with van der Waals surface area (Å²) in [4.78, 5) is 18.4. The molecule has 0 spiro atoms. The highest BCUT2D eigenvalue weighted by Crippen LogP contribution is 2.17. The monoisotopic (exact) mass is 269 g/mol. The summed E-state index contributed by atoms with van der Waals surface area (Å²) in [7, 11) is 0. The molecule has 0 bridgehead atoms. The lowest BCUT2D eigenvalue weighted by Crippen LogP contribution is -2.33. The number of nitrogens with zero attached hydrogens (tertiary/aromatic N) is 2. The molecule has 0 atom stereocenters. The Bertz CT molecular complexity index is 552. The molecule has 1 heterocycles. The molecule has 0 saturated carbocycles. The van der Waals surface area contributed by atoms with Gasteiger partial charge in [0.25, 0.3) is 5.91 Å². The van der Waals surface area contributed by atoms with E-state index >= 15 is 0 Å². The van der Waals surface area contributed by atoms with Crippen LogP contribution in [0.5, 0.6) is 0 Å². The molecule has 2 N–H and O–H groups in total. The number of rotatable bonds is 5. The molecule has 0 fully saturated rings. The molecule has 0 radical (unpaired) electrons. The maximum Gasteiger partial charge on any atom is 0.276 e. The van der Waals surface area contributed by atoms with Crippen LogP contribution < -0.4 is 10.6 Å². The fourth-order valence-electron chi connectivity index (χ4n) is 1.95. The second-order valence-corrected chi connectivity index (χ2v) is 4.65. The summed E-state index contributed by atoms with van der Waals surface area (Å²) in [5.41, 5.74) is 8.05. The highest BCUT2D eigenvalue weighted by molar-refractivity contribution is 6.04. The molecule has 20 heavy (non-hydrogen) atoms. The minimum absolute atomic E-state index is 0.0945. The topological polar surface area (TPSA) is 59.2 Å². The number of amides is 1. The van der Waals surface area contributed by atoms with Gasteiger partial charge < -0.3 is 10.6 Å². The van der Waals surface area contributed by atoms with Crippen LogP contribution in [0.15, 0.2) is 48.7 Å². The van der Waals surface area contributed by atoms with Crippen LogP contribution in [0.1, 0.15) is 22.5 Å². The molecular weight excluding hydrogens is 250 g/mol. The van der Waals surface area contributed by atoms with Crippen molar-refractivity contribution in [1.82, 2.24) is 4.98 Å². The lowest BCUT2D eigenvalue weighted by Gasteiger charge is -2.22. The second kappa shape index (κ2) is 6.82. The van der Waals surface area contributed by atoms with Gasteiger partial charge in [-0.15, -0.1) is 0 Å². The molecule has 4 nitrogen and oxygen atoms in total. The van der Waals surface area contributed by atoms with Gasteiger partial charge in [-0.1, -0.05) is 23.8 Å². The third-order valence-corrected chi connectivity index (χ3v) is 3.06. The van der Waals surface area contributed by atoms with Crippen LogP contribution in [0, 0.1) is 6.92 Å². The van der Waals surface area contributed by atoms with Crippen molar-refractivity contribution < 1.29 is 4.79 Å². The molecule has 2 aromatic rings. The van der Waals surface area contributed by atoms with Gasteiger partial charge in [0.1, 0.15) is 5.69 Å². The summed E-state index contributed by atoms with van der Waals surface area (Å²) in [5, 5.41) is 0. The number of anilines is 1. The molecule has 1 aromatic carbocycles. The number of pyridine rings is 1. The first kappa shape index (κ1) is 14.2. The summed E-state index contributed by atoms with van der Waals surface area (Å²) in [6, 6.07) is 13.2. The van der Waals surface area contributed by atoms with E-state index in [0.29, 0.717) is 18.8 Å². The molecular formula is C16H19N3O. The summed E-state index contributed by atoms with van der Waals surface area (Å²) < 4.78 is 0. The van der Waals surface area contributed by atoms with Gasteiger partial charge in [0.15, 0.2) is 0 Å². The Labute approximate surface area is 119 Å². The second-order valence-electron chi connectivity index (χ2n) is 4.65. The van der Waals surface area contributed by atoms with Crippen molar-refractivity contribution >= 4 is 11.6 Å². The Hall–Kier alpha value is -2.20. The first-order valence-electron chi connectivity index (χ1n) is 6.72. The van der Waals surface area contributed by atoms with Gasteiger partial charge in [-0.25, -0.2) is 0 Å². The van der Waals surface area contributed by atoms with Crippen molar-refractivity contribution in [1.29, 1.82) is 0 Å². The number of hydrogen-bond acceptors (Lipinski definition) is 3. The minimum Gasteiger partial charge on any atom is -0.330 e. The molecule has 104 valence electrons. The van der Waals surface area contributed by atoms with E-state index in [2.05, 4.69) is 4.98 Å². The number of nitrogens with two attached hydrogens (primary N) is 1. The van der Waals surface area contributed by atoms with Gasteiger partial charge in [-0.2, -0.15) is 0 Å². The van der Waals surface area contributed by atoms with Crippen molar-refractivity contribution in [3.05, 3.63) is 59.9 Å². The van der Waals surface area contributed by atoms with Crippen LogP contribution in [0.25, 0.3) is 0 Å². The predicted molar refractivity (Wildman–Crippen MR) is 80.8 cm³/mol. The fourth-order valence-corrected chi connectivity index (χ4v) is 1.95. The minimum atomic E-state index is -0.0945. The Morgan fingerprint density at radius 2 is 1.95 bits per heavy atom. The molecule has 1 amide bonds. The molecule has 4 heteroatoms. The predicted octanol–water partition coefficient (Wildman–Crippen LogP) is 2.39. The first-order chi connectivity index (χ1) is 9.72. The van der Waals surface area contributed by atoms with Crippen molar-refractivity contribution in [3.63, 3.8) is 0 Å². The van der Waals surface area contributed by atoms with Gasteiger partial charge in [0.2, 0.25) is 0 Å². The zero-order valence-electron chi connectivity index (χ0n) is 11.6. The SMILES string of the molecule is Cc1ccc(N(CCCN)C(=O)c2ccccn2)cc1. The van der Waals surface area contributed by atoms with Crippen LogP contribution in [0.2, 0.25) is 0 Å². The van der Waals surface area contributed by atoms with Crippen molar-refractivity contribution in [3.8, 4) is 0 Å². The number of hydrogen-bond donors (Lipinski definition) is 1. The lowest BCUT2D eigenvalue weighted by atomic mass is 10.2. The first-order valence-corrected chi connectivity index (χ1v) is 6.72. The van der Waals surface area contributed by atoms with Crippen molar-refractivity contribution in [2.45, 2.75) is 13.3 Å². The standard InChI is InChI=1S/C16H19N3O/c1-13-6-8-14(9-7-13)19(12-4-10-17)16(20)15-5-2-3-11-18-15/h2-3,5-9,11H,4,10,12,17H2,1H3. The average molecular weight is 269 g/mol. The molecule has 0 saturated heterocycles. The number of carbonyl (C=O) groups is 1. The van der Waals surface area contributed by atoms with E-state index in [1.165, 1.54) is 0 Å². The normalized spacial score (nSPS) is 10.3. The smallest absolute Gasteiger partial charge is 0.276 e.